The minimum atomic E-state index is 0.00550. The maximum absolute atomic E-state index is 4.94. The van der Waals surface area contributed by atoms with Crippen LogP contribution < -0.4 is 5.32 Å². The fourth-order valence-electron chi connectivity index (χ4n) is 5.15. The molecule has 0 saturated carbocycles. The zero-order valence-electron chi connectivity index (χ0n) is 17.7. The number of hydrogen-bond acceptors (Lipinski definition) is 5. The Balaban J connectivity index is 1.33. The largest absolute Gasteiger partial charge is 0.362 e. The first-order valence-electron chi connectivity index (χ1n) is 11.1. The number of aliphatic imine (C=N–C) groups is 1. The minimum absolute atomic E-state index is 0.00550. The zero-order chi connectivity index (χ0) is 19.8. The molecule has 2 aromatic rings. The van der Waals surface area contributed by atoms with Crippen molar-refractivity contribution >= 4 is 11.5 Å². The van der Waals surface area contributed by atoms with Crippen molar-refractivity contribution in [2.75, 3.05) is 31.5 Å². The molecule has 5 rings (SSSR count). The van der Waals surface area contributed by atoms with E-state index in [1.54, 1.807) is 0 Å². The summed E-state index contributed by atoms with van der Waals surface area (Å²) in [5.74, 6) is 1.20. The van der Waals surface area contributed by atoms with Crippen LogP contribution >= 0.6 is 0 Å². The van der Waals surface area contributed by atoms with Crippen molar-refractivity contribution in [1.29, 1.82) is 0 Å². The van der Waals surface area contributed by atoms with E-state index in [1.165, 1.54) is 28.3 Å². The molecule has 0 amide bonds. The van der Waals surface area contributed by atoms with Gasteiger partial charge >= 0.3 is 0 Å². The fourth-order valence-corrected chi connectivity index (χ4v) is 5.15. The van der Waals surface area contributed by atoms with Gasteiger partial charge in [0.05, 0.1) is 6.20 Å². The van der Waals surface area contributed by atoms with E-state index in [1.807, 2.05) is 0 Å². The molecule has 6 nitrogen and oxygen atoms in total. The van der Waals surface area contributed by atoms with Crippen LogP contribution in [0.15, 0.2) is 35.5 Å². The van der Waals surface area contributed by atoms with Crippen molar-refractivity contribution in [3.8, 4) is 0 Å². The average molecular weight is 393 g/mol. The van der Waals surface area contributed by atoms with E-state index in [0.29, 0.717) is 0 Å². The van der Waals surface area contributed by atoms with E-state index in [2.05, 4.69) is 69.2 Å². The van der Waals surface area contributed by atoms with Gasteiger partial charge in [-0.25, -0.2) is 0 Å². The van der Waals surface area contributed by atoms with Gasteiger partial charge in [0.1, 0.15) is 11.5 Å². The molecule has 1 aromatic carbocycles. The summed E-state index contributed by atoms with van der Waals surface area (Å²) >= 11 is 0. The lowest BCUT2D eigenvalue weighted by atomic mass is 9.89. The van der Waals surface area contributed by atoms with Crippen molar-refractivity contribution in [2.45, 2.75) is 58.3 Å². The van der Waals surface area contributed by atoms with Gasteiger partial charge in [0.25, 0.3) is 0 Å². The molecule has 0 radical (unpaired) electrons. The molecule has 1 N–H and O–H groups in total. The van der Waals surface area contributed by atoms with Gasteiger partial charge in [-0.1, -0.05) is 19.1 Å². The number of rotatable bonds is 4. The van der Waals surface area contributed by atoms with Crippen LogP contribution in [-0.2, 0) is 13.1 Å². The van der Waals surface area contributed by atoms with Gasteiger partial charge in [0.15, 0.2) is 0 Å². The summed E-state index contributed by atoms with van der Waals surface area (Å²) in [6.07, 6.45) is 6.57. The topological polar surface area (TPSA) is 48.7 Å². The first-order chi connectivity index (χ1) is 14.2. The van der Waals surface area contributed by atoms with Gasteiger partial charge < -0.3 is 10.2 Å². The van der Waals surface area contributed by atoms with Crippen molar-refractivity contribution in [3.05, 3.63) is 47.3 Å². The molecule has 0 aliphatic carbocycles. The van der Waals surface area contributed by atoms with E-state index in [-0.39, 0.29) is 5.66 Å². The van der Waals surface area contributed by atoms with E-state index in [9.17, 15) is 0 Å². The molecule has 3 aliphatic heterocycles. The molecule has 0 unspecified atom stereocenters. The van der Waals surface area contributed by atoms with E-state index >= 15 is 0 Å². The van der Waals surface area contributed by atoms with Gasteiger partial charge in [-0.15, -0.1) is 0 Å². The lowest BCUT2D eigenvalue weighted by Gasteiger charge is -2.54. The number of nitrogens with one attached hydrogen (secondary N) is 1. The molecule has 1 saturated heterocycles. The number of amidine groups is 1. The molecule has 0 atom stereocenters. The maximum Gasteiger partial charge on any atom is 0.134 e. The quantitative estimate of drug-likeness (QED) is 0.866. The van der Waals surface area contributed by atoms with Crippen LogP contribution in [0.2, 0.25) is 0 Å². The second-order valence-electron chi connectivity index (χ2n) is 8.67. The van der Waals surface area contributed by atoms with Crippen molar-refractivity contribution in [2.24, 2.45) is 4.99 Å². The Kier molecular flexibility index (Phi) is 4.82. The van der Waals surface area contributed by atoms with Crippen LogP contribution in [0, 0.1) is 6.92 Å². The van der Waals surface area contributed by atoms with Gasteiger partial charge in [-0.3, -0.25) is 14.6 Å². The van der Waals surface area contributed by atoms with E-state index in [0.717, 1.165) is 65.0 Å². The molecule has 3 aliphatic rings. The Labute approximate surface area is 173 Å². The summed E-state index contributed by atoms with van der Waals surface area (Å²) in [7, 11) is 0. The van der Waals surface area contributed by atoms with Crippen molar-refractivity contribution < 1.29 is 0 Å². The number of likely N-dealkylation sites (tertiary alicyclic amines) is 1. The normalized spacial score (nSPS) is 20.8. The highest BCUT2D eigenvalue weighted by molar-refractivity contribution is 6.06. The number of piperidine rings is 1. The second-order valence-corrected chi connectivity index (χ2v) is 8.67. The van der Waals surface area contributed by atoms with Crippen molar-refractivity contribution in [1.82, 2.24) is 19.6 Å². The lowest BCUT2D eigenvalue weighted by Crippen LogP contribution is -2.65. The molecular formula is C23H32N6. The molecule has 6 heteroatoms. The minimum Gasteiger partial charge on any atom is -0.362 e. The van der Waals surface area contributed by atoms with Crippen LogP contribution in [0.1, 0.15) is 49.4 Å². The highest BCUT2D eigenvalue weighted by atomic mass is 15.4. The maximum atomic E-state index is 4.94. The van der Waals surface area contributed by atoms with Crippen molar-refractivity contribution in [3.63, 3.8) is 0 Å². The molecule has 154 valence electrons. The molecule has 1 fully saturated rings. The zero-order valence-corrected chi connectivity index (χ0v) is 17.7. The highest BCUT2D eigenvalue weighted by Gasteiger charge is 2.45. The van der Waals surface area contributed by atoms with E-state index in [4.69, 9.17) is 4.99 Å². The summed E-state index contributed by atoms with van der Waals surface area (Å²) in [4.78, 5) is 10.1. The fraction of sp³-hybridized carbons (Fsp3) is 0.565. The van der Waals surface area contributed by atoms with Crippen LogP contribution in [0.4, 0.5) is 5.69 Å². The molecule has 29 heavy (non-hydrogen) atoms. The summed E-state index contributed by atoms with van der Waals surface area (Å²) in [6, 6.07) is 8.67. The second kappa shape index (κ2) is 7.48. The van der Waals surface area contributed by atoms with E-state index < -0.39 is 0 Å². The molecule has 4 heterocycles. The molecule has 1 aromatic heterocycles. The third kappa shape index (κ3) is 3.23. The smallest absolute Gasteiger partial charge is 0.134 e. The Bertz CT molecular complexity index is 906. The Morgan fingerprint density at radius 3 is 2.79 bits per heavy atom. The third-order valence-corrected chi connectivity index (χ3v) is 6.83. The van der Waals surface area contributed by atoms with Gasteiger partial charge in [0, 0.05) is 74.6 Å². The van der Waals surface area contributed by atoms with Crippen LogP contribution in [-0.4, -0.2) is 57.3 Å². The number of nitrogens with zero attached hydrogens (tertiary/aromatic N) is 5. The van der Waals surface area contributed by atoms with Gasteiger partial charge in [-0.2, -0.15) is 5.10 Å². The van der Waals surface area contributed by atoms with Gasteiger partial charge in [0.2, 0.25) is 0 Å². The van der Waals surface area contributed by atoms with Crippen LogP contribution in [0.3, 0.4) is 0 Å². The first kappa shape index (κ1) is 18.7. The number of benzene rings is 1. The Morgan fingerprint density at radius 1 is 1.14 bits per heavy atom. The predicted octanol–water partition coefficient (Wildman–Crippen LogP) is 3.47. The summed E-state index contributed by atoms with van der Waals surface area (Å²) in [6.45, 7) is 10.7. The number of para-hydroxylation sites is 1. The molecular weight excluding hydrogens is 360 g/mol. The lowest BCUT2D eigenvalue weighted by molar-refractivity contribution is 0.0798. The molecule has 0 bridgehead atoms. The SMILES string of the molecule is CCCn1ncc(CN2CCC3(CC2)Nc2ccccc2C2=NCCCN23)c1C. The predicted molar refractivity (Wildman–Crippen MR) is 117 cm³/mol. The number of aryl methyl sites for hydroxylation is 1. The number of aromatic nitrogens is 2. The number of fused-ring (bicyclic) bond motifs is 4. The van der Waals surface area contributed by atoms with Crippen LogP contribution in [0.5, 0.6) is 0 Å². The third-order valence-electron chi connectivity index (χ3n) is 6.83. The Hall–Kier alpha value is -2.34. The number of hydrogen-bond donors (Lipinski definition) is 1. The van der Waals surface area contributed by atoms with Crippen LogP contribution in [0.25, 0.3) is 0 Å². The average Bonchev–Trinajstić information content (AvgIpc) is 3.10. The number of anilines is 1. The summed E-state index contributed by atoms with van der Waals surface area (Å²) in [5, 5.41) is 8.52. The Morgan fingerprint density at radius 2 is 1.97 bits per heavy atom. The standard InChI is InChI=1S/C23H32N6/c1-3-12-29-18(2)19(16-25-29)17-27-14-9-23(10-15-27)26-21-8-5-4-7-20(21)22-24-11-6-13-28(22)23/h4-5,7-8,16,26H,3,6,9-15,17H2,1-2H3. The van der Waals surface area contributed by atoms with Gasteiger partial charge in [-0.05, 0) is 31.9 Å². The summed E-state index contributed by atoms with van der Waals surface area (Å²) < 4.78 is 2.15. The summed E-state index contributed by atoms with van der Waals surface area (Å²) in [5.41, 5.74) is 5.21. The first-order valence-corrected chi connectivity index (χ1v) is 11.1. The monoisotopic (exact) mass is 392 g/mol. The highest BCUT2D eigenvalue weighted by Crippen LogP contribution is 2.39. The molecule has 1 spiro atoms.